The van der Waals surface area contributed by atoms with Gasteiger partial charge in [-0.3, -0.25) is 4.79 Å². The Morgan fingerprint density at radius 2 is 2.00 bits per heavy atom. The Kier molecular flexibility index (Phi) is 6.66. The maximum atomic E-state index is 12.0. The number of rotatable bonds is 6. The van der Waals surface area contributed by atoms with Crippen molar-refractivity contribution in [3.05, 3.63) is 0 Å². The molecule has 0 bridgehead atoms. The first-order valence-corrected chi connectivity index (χ1v) is 8.04. The number of carbonyl (C=O) groups excluding carboxylic acids is 2. The average molecular weight is 314 g/mol. The van der Waals surface area contributed by atoms with Gasteiger partial charge >= 0.3 is 6.09 Å². The zero-order chi connectivity index (χ0) is 16.8. The maximum absolute atomic E-state index is 12.0. The molecule has 6 heteroatoms. The van der Waals surface area contributed by atoms with E-state index in [1.165, 1.54) is 0 Å². The molecule has 128 valence electrons. The highest BCUT2D eigenvalue weighted by Crippen LogP contribution is 2.26. The third-order valence-corrected chi connectivity index (χ3v) is 3.49. The van der Waals surface area contributed by atoms with Gasteiger partial charge in [0, 0.05) is 13.1 Å². The van der Waals surface area contributed by atoms with Crippen molar-refractivity contribution in [2.75, 3.05) is 26.2 Å². The summed E-state index contributed by atoms with van der Waals surface area (Å²) in [7, 11) is 0. The van der Waals surface area contributed by atoms with Crippen molar-refractivity contribution in [1.82, 2.24) is 10.2 Å². The van der Waals surface area contributed by atoms with Crippen molar-refractivity contribution in [2.45, 2.75) is 65.1 Å². The van der Waals surface area contributed by atoms with Crippen LogP contribution in [-0.4, -0.2) is 54.3 Å². The molecule has 1 saturated heterocycles. The average Bonchev–Trinajstić information content (AvgIpc) is 2.78. The van der Waals surface area contributed by atoms with Crippen molar-refractivity contribution >= 4 is 12.0 Å². The Bertz CT molecular complexity index is 392. The normalized spacial score (nSPS) is 21.8. The van der Waals surface area contributed by atoms with E-state index in [1.807, 2.05) is 27.7 Å². The molecule has 1 atom stereocenters. The number of hydrogen-bond donors (Lipinski definition) is 1. The van der Waals surface area contributed by atoms with Crippen molar-refractivity contribution < 1.29 is 19.1 Å². The molecule has 0 aromatic rings. The van der Waals surface area contributed by atoms with Gasteiger partial charge in [-0.2, -0.15) is 0 Å². The molecule has 1 aliphatic heterocycles. The predicted molar refractivity (Wildman–Crippen MR) is 84.7 cm³/mol. The Balaban J connectivity index is 2.36. The Labute approximate surface area is 133 Å². The number of carbonyl (C=O) groups is 2. The van der Waals surface area contributed by atoms with Crippen LogP contribution in [0.15, 0.2) is 0 Å². The van der Waals surface area contributed by atoms with E-state index in [4.69, 9.17) is 9.47 Å². The fourth-order valence-corrected chi connectivity index (χ4v) is 2.23. The van der Waals surface area contributed by atoms with Crippen LogP contribution in [0.5, 0.6) is 0 Å². The minimum Gasteiger partial charge on any atom is -0.444 e. The number of likely N-dealkylation sites (tertiary alicyclic amines) is 1. The molecule has 1 N–H and O–H groups in total. The van der Waals surface area contributed by atoms with Crippen LogP contribution in [0.25, 0.3) is 0 Å². The molecule has 1 unspecified atom stereocenters. The van der Waals surface area contributed by atoms with Gasteiger partial charge in [-0.1, -0.05) is 13.3 Å². The number of ether oxygens (including phenoxy) is 2. The lowest BCUT2D eigenvalue weighted by Crippen LogP contribution is -2.40. The SMILES string of the molecule is CCCCNC(=O)COC1(C)CCN(C(=O)OC(C)(C)C)C1. The Hall–Kier alpha value is -1.30. The second-order valence-corrected chi connectivity index (χ2v) is 7.09. The van der Waals surface area contributed by atoms with E-state index in [0.29, 0.717) is 26.1 Å². The van der Waals surface area contributed by atoms with Crippen molar-refractivity contribution in [1.29, 1.82) is 0 Å². The summed E-state index contributed by atoms with van der Waals surface area (Å²) in [6, 6.07) is 0. The van der Waals surface area contributed by atoms with Gasteiger partial charge in [0.05, 0.1) is 12.1 Å². The lowest BCUT2D eigenvalue weighted by Gasteiger charge is -2.27. The molecule has 0 aromatic heterocycles. The number of nitrogens with zero attached hydrogens (tertiary/aromatic N) is 1. The summed E-state index contributed by atoms with van der Waals surface area (Å²) < 4.78 is 11.1. The lowest BCUT2D eigenvalue weighted by atomic mass is 10.1. The van der Waals surface area contributed by atoms with Crippen LogP contribution in [0.2, 0.25) is 0 Å². The third kappa shape index (κ3) is 6.64. The minimum atomic E-state index is -0.504. The van der Waals surface area contributed by atoms with Gasteiger partial charge in [-0.05, 0) is 40.5 Å². The Morgan fingerprint density at radius 3 is 2.59 bits per heavy atom. The molecule has 6 nitrogen and oxygen atoms in total. The molecule has 1 heterocycles. The molecule has 0 aromatic carbocycles. The molecular formula is C16H30N2O4. The van der Waals surface area contributed by atoms with Crippen LogP contribution in [0.1, 0.15) is 53.9 Å². The van der Waals surface area contributed by atoms with Gasteiger partial charge in [0.2, 0.25) is 5.91 Å². The van der Waals surface area contributed by atoms with Gasteiger partial charge in [-0.15, -0.1) is 0 Å². The van der Waals surface area contributed by atoms with E-state index in [1.54, 1.807) is 4.90 Å². The first-order chi connectivity index (χ1) is 10.2. The van der Waals surface area contributed by atoms with Gasteiger partial charge in [0.15, 0.2) is 0 Å². The third-order valence-electron chi connectivity index (χ3n) is 3.49. The first kappa shape index (κ1) is 18.7. The standard InChI is InChI=1S/C16H30N2O4/c1-6-7-9-17-13(19)11-21-16(5)8-10-18(12-16)14(20)22-15(2,3)4/h6-12H2,1-5H3,(H,17,19). The molecule has 0 saturated carbocycles. The Morgan fingerprint density at radius 1 is 1.32 bits per heavy atom. The largest absolute Gasteiger partial charge is 0.444 e. The minimum absolute atomic E-state index is 0.0301. The number of amides is 2. The summed E-state index contributed by atoms with van der Waals surface area (Å²) in [4.78, 5) is 25.3. The monoisotopic (exact) mass is 314 g/mol. The molecule has 1 aliphatic rings. The first-order valence-electron chi connectivity index (χ1n) is 8.04. The molecule has 0 aliphatic carbocycles. The quantitative estimate of drug-likeness (QED) is 0.764. The van der Waals surface area contributed by atoms with Crippen molar-refractivity contribution in [2.24, 2.45) is 0 Å². The highest BCUT2D eigenvalue weighted by atomic mass is 16.6. The van der Waals surface area contributed by atoms with Crippen LogP contribution in [0.4, 0.5) is 4.79 Å². The van der Waals surface area contributed by atoms with Crippen LogP contribution >= 0.6 is 0 Å². The van der Waals surface area contributed by atoms with E-state index in [2.05, 4.69) is 12.2 Å². The van der Waals surface area contributed by atoms with E-state index in [-0.39, 0.29) is 18.6 Å². The summed E-state index contributed by atoms with van der Waals surface area (Å²) in [5.41, 5.74) is -0.991. The van der Waals surface area contributed by atoms with E-state index < -0.39 is 11.2 Å². The van der Waals surface area contributed by atoms with Crippen molar-refractivity contribution in [3.8, 4) is 0 Å². The fourth-order valence-electron chi connectivity index (χ4n) is 2.23. The van der Waals surface area contributed by atoms with Crippen molar-refractivity contribution in [3.63, 3.8) is 0 Å². The van der Waals surface area contributed by atoms with Gasteiger partial charge in [-0.25, -0.2) is 4.79 Å². The number of unbranched alkanes of at least 4 members (excludes halogenated alkanes) is 1. The van der Waals surface area contributed by atoms with E-state index in [0.717, 1.165) is 12.8 Å². The molecule has 1 fully saturated rings. The van der Waals surface area contributed by atoms with Crippen LogP contribution in [-0.2, 0) is 14.3 Å². The second-order valence-electron chi connectivity index (χ2n) is 7.09. The van der Waals surface area contributed by atoms with Gasteiger partial charge in [0.25, 0.3) is 0 Å². The topological polar surface area (TPSA) is 67.9 Å². The fraction of sp³-hybridized carbons (Fsp3) is 0.875. The molecule has 1 rings (SSSR count). The maximum Gasteiger partial charge on any atom is 0.410 e. The molecular weight excluding hydrogens is 284 g/mol. The van der Waals surface area contributed by atoms with E-state index in [9.17, 15) is 9.59 Å². The second kappa shape index (κ2) is 7.81. The highest BCUT2D eigenvalue weighted by molar-refractivity contribution is 5.77. The summed E-state index contributed by atoms with van der Waals surface area (Å²) in [5, 5.41) is 2.82. The summed E-state index contributed by atoms with van der Waals surface area (Å²) in [6.45, 7) is 11.3. The zero-order valence-corrected chi connectivity index (χ0v) is 14.5. The summed E-state index contributed by atoms with van der Waals surface area (Å²) in [5.74, 6) is -0.106. The zero-order valence-electron chi connectivity index (χ0n) is 14.5. The van der Waals surface area contributed by atoms with Gasteiger partial charge in [0.1, 0.15) is 12.2 Å². The van der Waals surface area contributed by atoms with Crippen LogP contribution in [0.3, 0.4) is 0 Å². The van der Waals surface area contributed by atoms with Crippen LogP contribution in [0, 0.1) is 0 Å². The smallest absolute Gasteiger partial charge is 0.410 e. The van der Waals surface area contributed by atoms with Crippen LogP contribution < -0.4 is 5.32 Å². The van der Waals surface area contributed by atoms with E-state index >= 15 is 0 Å². The molecule has 0 spiro atoms. The highest BCUT2D eigenvalue weighted by Gasteiger charge is 2.38. The molecule has 2 amide bonds. The number of hydrogen-bond acceptors (Lipinski definition) is 4. The summed E-state index contributed by atoms with van der Waals surface area (Å²) in [6.07, 6.45) is 2.39. The molecule has 0 radical (unpaired) electrons. The van der Waals surface area contributed by atoms with Gasteiger partial charge < -0.3 is 19.7 Å². The lowest BCUT2D eigenvalue weighted by molar-refractivity contribution is -0.131. The number of nitrogens with one attached hydrogen (secondary N) is 1. The summed E-state index contributed by atoms with van der Waals surface area (Å²) >= 11 is 0. The predicted octanol–water partition coefficient (Wildman–Crippen LogP) is 2.32. The molecule has 22 heavy (non-hydrogen) atoms.